The minimum absolute atomic E-state index is 0.0271. The van der Waals surface area contributed by atoms with Crippen LogP contribution in [0.5, 0.6) is 5.75 Å². The number of ether oxygens (including phenoxy) is 1. The Morgan fingerprint density at radius 2 is 2.05 bits per heavy atom. The Hall–Kier alpha value is -1.55. The first-order chi connectivity index (χ1) is 8.96. The number of aliphatic hydroxyl groups excluding tert-OH is 1. The maximum Gasteiger partial charge on any atom is 0.224 e. The van der Waals surface area contributed by atoms with Crippen molar-refractivity contribution in [3.05, 3.63) is 29.8 Å². The van der Waals surface area contributed by atoms with Gasteiger partial charge in [-0.25, -0.2) is 0 Å². The number of carbonyl (C=O) groups excluding carboxylic acids is 1. The summed E-state index contributed by atoms with van der Waals surface area (Å²) < 4.78 is 5.12. The molecule has 104 valence electrons. The molecule has 1 fully saturated rings. The van der Waals surface area contributed by atoms with Crippen LogP contribution in [0.4, 0.5) is 0 Å². The predicted molar refractivity (Wildman–Crippen MR) is 73.1 cm³/mol. The van der Waals surface area contributed by atoms with Crippen LogP contribution in [-0.4, -0.2) is 30.3 Å². The number of hydrogen-bond donors (Lipinski definition) is 2. The summed E-state index contributed by atoms with van der Waals surface area (Å²) in [6, 6.07) is 7.85. The third-order valence-corrected chi connectivity index (χ3v) is 3.53. The van der Waals surface area contributed by atoms with E-state index < -0.39 is 5.54 Å². The molecule has 2 atom stereocenters. The van der Waals surface area contributed by atoms with E-state index in [1.165, 1.54) is 5.56 Å². The number of benzene rings is 1. The summed E-state index contributed by atoms with van der Waals surface area (Å²) in [4.78, 5) is 12.0. The normalized spacial score (nSPS) is 21.9. The highest BCUT2D eigenvalue weighted by Gasteiger charge is 2.44. The van der Waals surface area contributed by atoms with Gasteiger partial charge in [0.05, 0.1) is 19.3 Å². The zero-order valence-corrected chi connectivity index (χ0v) is 11.6. The Morgan fingerprint density at radius 3 is 2.58 bits per heavy atom. The lowest BCUT2D eigenvalue weighted by molar-refractivity contribution is -0.124. The van der Waals surface area contributed by atoms with E-state index in [-0.39, 0.29) is 18.4 Å². The summed E-state index contributed by atoms with van der Waals surface area (Å²) in [5, 5.41) is 12.0. The largest absolute Gasteiger partial charge is 0.497 e. The van der Waals surface area contributed by atoms with E-state index in [0.29, 0.717) is 5.92 Å². The van der Waals surface area contributed by atoms with E-state index in [4.69, 9.17) is 9.84 Å². The first-order valence-electron chi connectivity index (χ1n) is 6.53. The lowest BCUT2D eigenvalue weighted by Crippen LogP contribution is -2.47. The summed E-state index contributed by atoms with van der Waals surface area (Å²) in [7, 11) is 1.64. The third-order valence-electron chi connectivity index (χ3n) is 3.53. The van der Waals surface area contributed by atoms with Crippen LogP contribution < -0.4 is 10.1 Å². The van der Waals surface area contributed by atoms with Gasteiger partial charge in [0.15, 0.2) is 0 Å². The van der Waals surface area contributed by atoms with Crippen LogP contribution >= 0.6 is 0 Å². The van der Waals surface area contributed by atoms with Crippen LogP contribution in [-0.2, 0) is 4.79 Å². The summed E-state index contributed by atoms with van der Waals surface area (Å²) in [5.41, 5.74) is 0.618. The average molecular weight is 263 g/mol. The molecule has 0 radical (unpaired) electrons. The van der Waals surface area contributed by atoms with E-state index in [2.05, 4.69) is 5.32 Å². The number of carbonyl (C=O) groups is 1. The molecule has 1 aliphatic carbocycles. The zero-order chi connectivity index (χ0) is 14.0. The fourth-order valence-corrected chi connectivity index (χ4v) is 2.17. The van der Waals surface area contributed by atoms with Crippen molar-refractivity contribution in [2.24, 2.45) is 5.92 Å². The predicted octanol–water partition coefficient (Wildman–Crippen LogP) is 1.69. The maximum absolute atomic E-state index is 12.0. The monoisotopic (exact) mass is 263 g/mol. The van der Waals surface area contributed by atoms with Crippen molar-refractivity contribution in [1.82, 2.24) is 5.32 Å². The van der Waals surface area contributed by atoms with Crippen molar-refractivity contribution < 1.29 is 14.6 Å². The number of aliphatic hydroxyl groups is 1. The van der Waals surface area contributed by atoms with Crippen LogP contribution in [0, 0.1) is 5.92 Å². The Morgan fingerprint density at radius 1 is 1.42 bits per heavy atom. The second-order valence-electron chi connectivity index (χ2n) is 5.75. The molecule has 0 spiro atoms. The molecule has 4 heteroatoms. The van der Waals surface area contributed by atoms with Gasteiger partial charge >= 0.3 is 0 Å². The minimum Gasteiger partial charge on any atom is -0.497 e. The SMILES string of the molecule is COc1ccc(C2CC2C(=O)NC(C)(C)CO)cc1. The highest BCUT2D eigenvalue weighted by molar-refractivity contribution is 5.83. The van der Waals surface area contributed by atoms with Gasteiger partial charge in [0.2, 0.25) is 5.91 Å². The molecule has 0 bridgehead atoms. The van der Waals surface area contributed by atoms with Crippen molar-refractivity contribution in [2.45, 2.75) is 31.7 Å². The molecule has 2 rings (SSSR count). The Kier molecular flexibility index (Phi) is 3.80. The third kappa shape index (κ3) is 3.26. The van der Waals surface area contributed by atoms with Gasteiger partial charge in [0.25, 0.3) is 0 Å². The molecule has 0 heterocycles. The molecule has 0 saturated heterocycles. The van der Waals surface area contributed by atoms with Gasteiger partial charge in [-0.2, -0.15) is 0 Å². The molecule has 1 aromatic carbocycles. The van der Waals surface area contributed by atoms with Gasteiger partial charge in [-0.15, -0.1) is 0 Å². The smallest absolute Gasteiger partial charge is 0.224 e. The van der Waals surface area contributed by atoms with Crippen molar-refractivity contribution in [3.63, 3.8) is 0 Å². The molecule has 1 saturated carbocycles. The van der Waals surface area contributed by atoms with E-state index in [1.54, 1.807) is 7.11 Å². The lowest BCUT2D eigenvalue weighted by atomic mass is 10.1. The van der Waals surface area contributed by atoms with E-state index in [0.717, 1.165) is 12.2 Å². The van der Waals surface area contributed by atoms with E-state index in [1.807, 2.05) is 38.1 Å². The molecule has 1 aliphatic rings. The van der Waals surface area contributed by atoms with Crippen molar-refractivity contribution in [2.75, 3.05) is 13.7 Å². The highest BCUT2D eigenvalue weighted by Crippen LogP contribution is 2.47. The van der Waals surface area contributed by atoms with Gasteiger partial charge in [-0.1, -0.05) is 12.1 Å². The van der Waals surface area contributed by atoms with Crippen LogP contribution in [0.1, 0.15) is 31.7 Å². The second-order valence-corrected chi connectivity index (χ2v) is 5.75. The standard InChI is InChI=1S/C15H21NO3/c1-15(2,9-17)16-14(18)13-8-12(13)10-4-6-11(19-3)7-5-10/h4-7,12-13,17H,8-9H2,1-3H3,(H,16,18). The highest BCUT2D eigenvalue weighted by atomic mass is 16.5. The van der Waals surface area contributed by atoms with Gasteiger partial charge in [-0.05, 0) is 43.9 Å². The molecule has 2 N–H and O–H groups in total. The topological polar surface area (TPSA) is 58.6 Å². The van der Waals surface area contributed by atoms with Crippen LogP contribution in [0.2, 0.25) is 0 Å². The van der Waals surface area contributed by atoms with Gasteiger partial charge in [0.1, 0.15) is 5.75 Å². The Labute approximate surface area is 113 Å². The van der Waals surface area contributed by atoms with Crippen molar-refractivity contribution in [1.29, 1.82) is 0 Å². The first-order valence-corrected chi connectivity index (χ1v) is 6.53. The van der Waals surface area contributed by atoms with Gasteiger partial charge < -0.3 is 15.2 Å². The van der Waals surface area contributed by atoms with Crippen LogP contribution in [0.3, 0.4) is 0 Å². The summed E-state index contributed by atoms with van der Waals surface area (Å²) in [6.07, 6.45) is 0.875. The zero-order valence-electron chi connectivity index (χ0n) is 11.6. The summed E-state index contributed by atoms with van der Waals surface area (Å²) in [6.45, 7) is 3.57. The Bertz CT molecular complexity index is 453. The van der Waals surface area contributed by atoms with E-state index >= 15 is 0 Å². The molecule has 0 aromatic heterocycles. The van der Waals surface area contributed by atoms with Crippen LogP contribution in [0.15, 0.2) is 24.3 Å². The van der Waals surface area contributed by atoms with Gasteiger partial charge in [-0.3, -0.25) is 4.79 Å². The molecule has 1 amide bonds. The molecule has 19 heavy (non-hydrogen) atoms. The van der Waals surface area contributed by atoms with Crippen molar-refractivity contribution in [3.8, 4) is 5.75 Å². The quantitative estimate of drug-likeness (QED) is 0.850. The fourth-order valence-electron chi connectivity index (χ4n) is 2.17. The summed E-state index contributed by atoms with van der Waals surface area (Å²) in [5.74, 6) is 1.17. The molecule has 1 aromatic rings. The lowest BCUT2D eigenvalue weighted by Gasteiger charge is -2.23. The van der Waals surface area contributed by atoms with E-state index in [9.17, 15) is 4.79 Å². The second kappa shape index (κ2) is 5.21. The number of amides is 1. The number of nitrogens with one attached hydrogen (secondary N) is 1. The van der Waals surface area contributed by atoms with Crippen molar-refractivity contribution >= 4 is 5.91 Å². The minimum atomic E-state index is -0.551. The van der Waals surface area contributed by atoms with Crippen LogP contribution in [0.25, 0.3) is 0 Å². The number of hydrogen-bond acceptors (Lipinski definition) is 3. The number of rotatable bonds is 5. The Balaban J connectivity index is 1.94. The first kappa shape index (κ1) is 13.9. The molecular weight excluding hydrogens is 242 g/mol. The average Bonchev–Trinajstić information content (AvgIpc) is 3.19. The van der Waals surface area contributed by atoms with Gasteiger partial charge in [0, 0.05) is 5.92 Å². The molecule has 2 unspecified atom stereocenters. The summed E-state index contributed by atoms with van der Waals surface area (Å²) >= 11 is 0. The molecule has 0 aliphatic heterocycles. The molecular formula is C15H21NO3. The number of methoxy groups -OCH3 is 1. The fraction of sp³-hybridized carbons (Fsp3) is 0.533. The maximum atomic E-state index is 12.0. The molecule has 4 nitrogen and oxygen atoms in total.